The zero-order valence-corrected chi connectivity index (χ0v) is 10.4. The average Bonchev–Trinajstić information content (AvgIpc) is 2.23. The monoisotopic (exact) mass is 282 g/mol. The Balaban J connectivity index is 2.44. The number of esters is 1. The number of rotatable bonds is 1. The number of Topliss-reactive ketones (excluding diaryl/α,β-unsaturated/α-hetero) is 1. The van der Waals surface area contributed by atoms with Crippen LogP contribution in [0.2, 0.25) is 0 Å². The highest BCUT2D eigenvalue weighted by molar-refractivity contribution is 9.10. The van der Waals surface area contributed by atoms with Crippen molar-refractivity contribution in [2.75, 3.05) is 0 Å². The molecule has 2 rings (SSSR count). The molecule has 0 spiro atoms. The fourth-order valence-electron chi connectivity index (χ4n) is 1.88. The highest BCUT2D eigenvalue weighted by atomic mass is 79.9. The Kier molecular flexibility index (Phi) is 3.10. The topological polar surface area (TPSA) is 43.4 Å². The number of halogens is 1. The average molecular weight is 283 g/mol. The van der Waals surface area contributed by atoms with Gasteiger partial charge in [-0.15, -0.1) is 0 Å². The van der Waals surface area contributed by atoms with Crippen LogP contribution in [0, 0.1) is 0 Å². The van der Waals surface area contributed by atoms with Crippen LogP contribution in [0.15, 0.2) is 18.2 Å². The zero-order valence-electron chi connectivity index (χ0n) is 8.83. The molecule has 1 aromatic rings. The first-order valence-corrected chi connectivity index (χ1v) is 5.99. The van der Waals surface area contributed by atoms with E-state index < -0.39 is 0 Å². The molecule has 1 aliphatic rings. The van der Waals surface area contributed by atoms with Crippen molar-refractivity contribution in [2.45, 2.75) is 24.6 Å². The van der Waals surface area contributed by atoms with E-state index in [0.29, 0.717) is 11.3 Å². The van der Waals surface area contributed by atoms with Crippen LogP contribution in [0.1, 0.15) is 29.3 Å². The van der Waals surface area contributed by atoms with Gasteiger partial charge in [0.05, 0.1) is 4.83 Å². The second kappa shape index (κ2) is 4.37. The lowest BCUT2D eigenvalue weighted by molar-refractivity contribution is -0.131. The minimum absolute atomic E-state index is 0.0650. The molecule has 0 heterocycles. The molecule has 0 fully saturated rings. The molecule has 0 radical (unpaired) electrons. The smallest absolute Gasteiger partial charge is 0.308 e. The number of hydrogen-bond acceptors (Lipinski definition) is 3. The molecule has 0 N–H and O–H groups in total. The number of ether oxygens (including phenoxy) is 1. The Morgan fingerprint density at radius 1 is 1.50 bits per heavy atom. The van der Waals surface area contributed by atoms with Gasteiger partial charge in [0.15, 0.2) is 5.78 Å². The third-order valence-electron chi connectivity index (χ3n) is 2.58. The first-order chi connectivity index (χ1) is 7.59. The summed E-state index contributed by atoms with van der Waals surface area (Å²) in [6, 6.07) is 5.24. The van der Waals surface area contributed by atoms with E-state index in [4.69, 9.17) is 4.74 Å². The number of carbonyl (C=O) groups excluding carboxylic acids is 2. The fraction of sp³-hybridized carbons (Fsp3) is 0.333. The maximum atomic E-state index is 11.9. The van der Waals surface area contributed by atoms with E-state index in [9.17, 15) is 9.59 Å². The van der Waals surface area contributed by atoms with Gasteiger partial charge in [-0.1, -0.05) is 28.1 Å². The molecule has 1 atom stereocenters. The minimum atomic E-state index is -0.359. The molecular weight excluding hydrogens is 272 g/mol. The molecular formula is C12H11BrO3. The summed E-state index contributed by atoms with van der Waals surface area (Å²) in [5.74, 6) is 0.217. The zero-order chi connectivity index (χ0) is 11.7. The number of carbonyl (C=O) groups is 2. The van der Waals surface area contributed by atoms with E-state index in [1.807, 2.05) is 0 Å². The molecule has 0 bridgehead atoms. The highest BCUT2D eigenvalue weighted by Crippen LogP contribution is 2.32. The van der Waals surface area contributed by atoms with Crippen molar-refractivity contribution >= 4 is 27.7 Å². The van der Waals surface area contributed by atoms with Crippen LogP contribution in [-0.4, -0.2) is 16.6 Å². The summed E-state index contributed by atoms with van der Waals surface area (Å²) in [6.07, 6.45) is 1.49. The summed E-state index contributed by atoms with van der Waals surface area (Å²) in [6.45, 7) is 1.36. The van der Waals surface area contributed by atoms with E-state index in [-0.39, 0.29) is 16.6 Å². The molecule has 1 aromatic carbocycles. The van der Waals surface area contributed by atoms with Gasteiger partial charge in [0, 0.05) is 18.1 Å². The van der Waals surface area contributed by atoms with Gasteiger partial charge in [-0.3, -0.25) is 9.59 Å². The van der Waals surface area contributed by atoms with E-state index >= 15 is 0 Å². The Labute approximate surface area is 102 Å². The van der Waals surface area contributed by atoms with Crippen LogP contribution >= 0.6 is 15.9 Å². The van der Waals surface area contributed by atoms with Crippen molar-refractivity contribution < 1.29 is 14.3 Å². The van der Waals surface area contributed by atoms with E-state index in [0.717, 1.165) is 18.4 Å². The number of alkyl halides is 1. The summed E-state index contributed by atoms with van der Waals surface area (Å²) in [4.78, 5) is 22.7. The molecule has 3 nitrogen and oxygen atoms in total. The normalized spacial score (nSPS) is 19.1. The van der Waals surface area contributed by atoms with Gasteiger partial charge in [0.2, 0.25) is 0 Å². The van der Waals surface area contributed by atoms with Gasteiger partial charge in [-0.2, -0.15) is 0 Å². The molecule has 0 aliphatic heterocycles. The van der Waals surface area contributed by atoms with Crippen LogP contribution in [0.3, 0.4) is 0 Å². The third-order valence-corrected chi connectivity index (χ3v) is 3.46. The van der Waals surface area contributed by atoms with Crippen molar-refractivity contribution in [3.05, 3.63) is 29.3 Å². The summed E-state index contributed by atoms with van der Waals surface area (Å²) in [7, 11) is 0. The molecule has 84 valence electrons. The SMILES string of the molecule is CC(=O)Oc1cccc2c1CCC(Br)C2=O. The second-order valence-electron chi connectivity index (χ2n) is 3.75. The van der Waals surface area contributed by atoms with Crippen molar-refractivity contribution in [1.82, 2.24) is 0 Å². The van der Waals surface area contributed by atoms with Crippen LogP contribution in [0.4, 0.5) is 0 Å². The molecule has 0 saturated heterocycles. The summed E-state index contributed by atoms with van der Waals surface area (Å²) in [5.41, 5.74) is 1.50. The predicted octanol–water partition coefficient (Wildman–Crippen LogP) is 2.50. The summed E-state index contributed by atoms with van der Waals surface area (Å²) < 4.78 is 5.09. The lowest BCUT2D eigenvalue weighted by Crippen LogP contribution is -2.23. The van der Waals surface area contributed by atoms with Gasteiger partial charge in [0.25, 0.3) is 0 Å². The lowest BCUT2D eigenvalue weighted by atomic mass is 9.90. The van der Waals surface area contributed by atoms with Crippen LogP contribution < -0.4 is 4.74 Å². The Hall–Kier alpha value is -1.16. The number of hydrogen-bond donors (Lipinski definition) is 0. The quantitative estimate of drug-likeness (QED) is 0.452. The van der Waals surface area contributed by atoms with Crippen LogP contribution in [-0.2, 0) is 11.2 Å². The molecule has 0 amide bonds. The molecule has 4 heteroatoms. The van der Waals surface area contributed by atoms with Crippen LogP contribution in [0.25, 0.3) is 0 Å². The van der Waals surface area contributed by atoms with Crippen molar-refractivity contribution in [3.63, 3.8) is 0 Å². The maximum absolute atomic E-state index is 11.9. The van der Waals surface area contributed by atoms with Gasteiger partial charge >= 0.3 is 5.97 Å². The molecule has 0 aromatic heterocycles. The Bertz CT molecular complexity index is 454. The first kappa shape index (κ1) is 11.3. The summed E-state index contributed by atoms with van der Waals surface area (Å²) >= 11 is 3.34. The van der Waals surface area contributed by atoms with Crippen molar-refractivity contribution in [1.29, 1.82) is 0 Å². The third kappa shape index (κ3) is 2.02. The Morgan fingerprint density at radius 3 is 2.94 bits per heavy atom. The Morgan fingerprint density at radius 2 is 2.25 bits per heavy atom. The standard InChI is InChI=1S/C12H11BrO3/c1-7(14)16-11-4-2-3-9-8(11)5-6-10(13)12(9)15/h2-4,10H,5-6H2,1H3. The van der Waals surface area contributed by atoms with Crippen LogP contribution in [0.5, 0.6) is 5.75 Å². The number of benzene rings is 1. The van der Waals surface area contributed by atoms with Gasteiger partial charge in [-0.05, 0) is 18.9 Å². The van der Waals surface area contributed by atoms with Crippen molar-refractivity contribution in [2.24, 2.45) is 0 Å². The summed E-state index contributed by atoms with van der Waals surface area (Å²) in [5, 5.41) is 0. The fourth-order valence-corrected chi connectivity index (χ4v) is 2.35. The minimum Gasteiger partial charge on any atom is -0.426 e. The van der Waals surface area contributed by atoms with E-state index in [1.54, 1.807) is 18.2 Å². The molecule has 16 heavy (non-hydrogen) atoms. The van der Waals surface area contributed by atoms with E-state index in [2.05, 4.69) is 15.9 Å². The van der Waals surface area contributed by atoms with Gasteiger partial charge in [-0.25, -0.2) is 0 Å². The largest absolute Gasteiger partial charge is 0.426 e. The highest BCUT2D eigenvalue weighted by Gasteiger charge is 2.27. The first-order valence-electron chi connectivity index (χ1n) is 5.08. The molecule has 1 unspecified atom stereocenters. The van der Waals surface area contributed by atoms with Gasteiger partial charge < -0.3 is 4.74 Å². The predicted molar refractivity (Wildman–Crippen MR) is 63.1 cm³/mol. The van der Waals surface area contributed by atoms with Gasteiger partial charge in [0.1, 0.15) is 5.75 Å². The van der Waals surface area contributed by atoms with Crippen molar-refractivity contribution in [3.8, 4) is 5.75 Å². The number of fused-ring (bicyclic) bond motifs is 1. The maximum Gasteiger partial charge on any atom is 0.308 e. The molecule has 0 saturated carbocycles. The van der Waals surface area contributed by atoms with E-state index in [1.165, 1.54) is 6.92 Å². The second-order valence-corrected chi connectivity index (χ2v) is 4.85. The number of ketones is 1. The lowest BCUT2D eigenvalue weighted by Gasteiger charge is -2.20. The molecule has 1 aliphatic carbocycles.